The summed E-state index contributed by atoms with van der Waals surface area (Å²) in [6.07, 6.45) is 0.128. The molecule has 0 aliphatic carbocycles. The Morgan fingerprint density at radius 1 is 1.65 bits per heavy atom. The van der Waals surface area contributed by atoms with Crippen molar-refractivity contribution in [2.45, 2.75) is 6.10 Å². The Bertz CT molecular complexity index is 481. The highest BCUT2D eigenvalue weighted by Crippen LogP contribution is 2.31. The summed E-state index contributed by atoms with van der Waals surface area (Å²) in [7, 11) is 5.36. The lowest BCUT2D eigenvalue weighted by molar-refractivity contribution is 0.0247. The predicted octanol–water partition coefficient (Wildman–Crippen LogP) is 1.35. The number of thiazole rings is 1. The van der Waals surface area contributed by atoms with Crippen LogP contribution in [0.1, 0.15) is 9.67 Å². The Kier molecular flexibility index (Phi) is 5.20. The molecule has 6 nitrogen and oxygen atoms in total. The molecule has 0 bridgehead atoms. The molecular formula is C12H18ClN3O3S. The molecule has 1 fully saturated rings. The normalized spacial score (nSPS) is 19.4. The van der Waals surface area contributed by atoms with E-state index < -0.39 is 5.97 Å². The second-order valence-corrected chi connectivity index (χ2v) is 6.14. The first-order valence-corrected chi connectivity index (χ1v) is 7.46. The van der Waals surface area contributed by atoms with Gasteiger partial charge < -0.3 is 19.3 Å². The second-order valence-electron chi connectivity index (χ2n) is 4.81. The lowest BCUT2D eigenvalue weighted by Crippen LogP contribution is -2.46. The molecule has 0 spiro atoms. The molecule has 0 radical (unpaired) electrons. The van der Waals surface area contributed by atoms with Gasteiger partial charge in [0, 0.05) is 19.6 Å². The van der Waals surface area contributed by atoms with E-state index in [4.69, 9.17) is 16.3 Å². The molecule has 0 saturated carbocycles. The summed E-state index contributed by atoms with van der Waals surface area (Å²) in [5.41, 5.74) is 0. The first kappa shape index (κ1) is 15.5. The monoisotopic (exact) mass is 319 g/mol. The summed E-state index contributed by atoms with van der Waals surface area (Å²) in [6.45, 7) is 2.97. The Morgan fingerprint density at radius 3 is 3.05 bits per heavy atom. The van der Waals surface area contributed by atoms with Crippen LogP contribution in [0.2, 0.25) is 5.15 Å². The molecule has 1 unspecified atom stereocenters. The molecule has 0 amide bonds. The molecular weight excluding hydrogens is 302 g/mol. The van der Waals surface area contributed by atoms with Gasteiger partial charge in [-0.3, -0.25) is 0 Å². The van der Waals surface area contributed by atoms with Gasteiger partial charge in [-0.05, 0) is 14.1 Å². The fourth-order valence-electron chi connectivity index (χ4n) is 2.06. The summed E-state index contributed by atoms with van der Waals surface area (Å²) < 4.78 is 10.4. The van der Waals surface area contributed by atoms with Crippen molar-refractivity contribution in [3.8, 4) is 0 Å². The van der Waals surface area contributed by atoms with Gasteiger partial charge in [-0.15, -0.1) is 0 Å². The summed E-state index contributed by atoms with van der Waals surface area (Å²) in [5.74, 6) is -0.447. The number of esters is 1. The standard InChI is InChI=1S/C12H18ClN3O3S/c1-15(2)6-8-7-16(4-5-19-8)12-14-10(13)9(20-12)11(17)18-3/h8H,4-7H2,1-3H3. The lowest BCUT2D eigenvalue weighted by Gasteiger charge is -2.33. The first-order valence-electron chi connectivity index (χ1n) is 6.27. The molecule has 1 atom stereocenters. The number of ether oxygens (including phenoxy) is 2. The summed E-state index contributed by atoms with van der Waals surface area (Å²) in [6, 6.07) is 0. The third-order valence-corrected chi connectivity index (χ3v) is 4.41. The van der Waals surface area contributed by atoms with Gasteiger partial charge in [0.2, 0.25) is 0 Å². The molecule has 0 N–H and O–H groups in total. The first-order chi connectivity index (χ1) is 9.51. The van der Waals surface area contributed by atoms with Crippen molar-refractivity contribution in [3.05, 3.63) is 10.0 Å². The fourth-order valence-corrected chi connectivity index (χ4v) is 3.29. The molecule has 112 valence electrons. The zero-order valence-corrected chi connectivity index (χ0v) is 13.3. The van der Waals surface area contributed by atoms with Crippen LogP contribution in [0.15, 0.2) is 0 Å². The van der Waals surface area contributed by atoms with E-state index in [0.717, 1.165) is 24.8 Å². The van der Waals surface area contributed by atoms with E-state index in [1.807, 2.05) is 14.1 Å². The SMILES string of the molecule is COC(=O)c1sc(N2CCOC(CN(C)C)C2)nc1Cl. The van der Waals surface area contributed by atoms with E-state index in [9.17, 15) is 4.79 Å². The third kappa shape index (κ3) is 3.60. The Morgan fingerprint density at radius 2 is 2.40 bits per heavy atom. The van der Waals surface area contributed by atoms with Gasteiger partial charge in [-0.1, -0.05) is 22.9 Å². The van der Waals surface area contributed by atoms with E-state index in [-0.39, 0.29) is 11.3 Å². The number of methoxy groups -OCH3 is 1. The van der Waals surface area contributed by atoms with Crippen LogP contribution in [0, 0.1) is 0 Å². The van der Waals surface area contributed by atoms with Crippen LogP contribution in [-0.2, 0) is 9.47 Å². The number of anilines is 1. The Labute approximate surface area is 127 Å². The van der Waals surface area contributed by atoms with Gasteiger partial charge in [-0.2, -0.15) is 0 Å². The maximum atomic E-state index is 11.6. The van der Waals surface area contributed by atoms with Crippen LogP contribution >= 0.6 is 22.9 Å². The Balaban J connectivity index is 2.09. The number of morpholine rings is 1. The van der Waals surface area contributed by atoms with Crippen LogP contribution in [0.4, 0.5) is 5.13 Å². The van der Waals surface area contributed by atoms with Crippen LogP contribution in [0.3, 0.4) is 0 Å². The van der Waals surface area contributed by atoms with E-state index in [2.05, 4.69) is 19.5 Å². The van der Waals surface area contributed by atoms with Crippen molar-refractivity contribution in [2.24, 2.45) is 0 Å². The van der Waals surface area contributed by atoms with Crippen molar-refractivity contribution in [1.29, 1.82) is 0 Å². The zero-order valence-electron chi connectivity index (χ0n) is 11.8. The maximum absolute atomic E-state index is 11.6. The highest BCUT2D eigenvalue weighted by atomic mass is 35.5. The molecule has 1 aliphatic rings. The number of hydrogen-bond acceptors (Lipinski definition) is 7. The lowest BCUT2D eigenvalue weighted by atomic mass is 10.3. The highest BCUT2D eigenvalue weighted by Gasteiger charge is 2.26. The number of hydrogen-bond donors (Lipinski definition) is 0. The molecule has 1 aliphatic heterocycles. The predicted molar refractivity (Wildman–Crippen MR) is 79.0 cm³/mol. The van der Waals surface area contributed by atoms with Gasteiger partial charge in [0.1, 0.15) is 0 Å². The van der Waals surface area contributed by atoms with Crippen LogP contribution in [-0.4, -0.2) is 69.4 Å². The van der Waals surface area contributed by atoms with Crippen molar-refractivity contribution in [3.63, 3.8) is 0 Å². The van der Waals surface area contributed by atoms with Gasteiger partial charge in [0.25, 0.3) is 0 Å². The summed E-state index contributed by atoms with van der Waals surface area (Å²) in [4.78, 5) is 20.3. The number of nitrogens with zero attached hydrogens (tertiary/aromatic N) is 3. The highest BCUT2D eigenvalue weighted by molar-refractivity contribution is 7.18. The minimum atomic E-state index is -0.447. The van der Waals surface area contributed by atoms with Gasteiger partial charge in [0.05, 0.1) is 19.8 Å². The van der Waals surface area contributed by atoms with Crippen molar-refractivity contribution in [2.75, 3.05) is 52.3 Å². The van der Waals surface area contributed by atoms with Crippen LogP contribution in [0.25, 0.3) is 0 Å². The molecule has 8 heteroatoms. The van der Waals surface area contributed by atoms with Gasteiger partial charge >= 0.3 is 5.97 Å². The fraction of sp³-hybridized carbons (Fsp3) is 0.667. The largest absolute Gasteiger partial charge is 0.465 e. The second kappa shape index (κ2) is 6.71. The van der Waals surface area contributed by atoms with E-state index in [1.165, 1.54) is 18.4 Å². The smallest absolute Gasteiger partial charge is 0.351 e. The summed E-state index contributed by atoms with van der Waals surface area (Å²) in [5, 5.41) is 0.940. The van der Waals surface area contributed by atoms with E-state index >= 15 is 0 Å². The topological polar surface area (TPSA) is 54.9 Å². The quantitative estimate of drug-likeness (QED) is 0.781. The number of rotatable bonds is 4. The molecule has 20 heavy (non-hydrogen) atoms. The van der Waals surface area contributed by atoms with Crippen LogP contribution < -0.4 is 4.90 Å². The molecule has 1 aromatic heterocycles. The molecule has 1 aromatic rings. The maximum Gasteiger partial charge on any atom is 0.351 e. The summed E-state index contributed by atoms with van der Waals surface area (Å²) >= 11 is 7.25. The number of carbonyl (C=O) groups is 1. The van der Waals surface area contributed by atoms with Crippen molar-refractivity contribution in [1.82, 2.24) is 9.88 Å². The van der Waals surface area contributed by atoms with E-state index in [1.54, 1.807) is 0 Å². The van der Waals surface area contributed by atoms with Crippen molar-refractivity contribution >= 4 is 34.0 Å². The van der Waals surface area contributed by atoms with Gasteiger partial charge in [-0.25, -0.2) is 9.78 Å². The number of aromatic nitrogens is 1. The number of halogens is 1. The zero-order chi connectivity index (χ0) is 14.7. The molecule has 0 aromatic carbocycles. The number of likely N-dealkylation sites (N-methyl/N-ethyl adjacent to an activating group) is 1. The Hall–Kier alpha value is -0.890. The van der Waals surface area contributed by atoms with E-state index in [0.29, 0.717) is 11.5 Å². The van der Waals surface area contributed by atoms with Gasteiger partial charge in [0.15, 0.2) is 15.2 Å². The van der Waals surface area contributed by atoms with Crippen LogP contribution in [0.5, 0.6) is 0 Å². The average molecular weight is 320 g/mol. The third-order valence-electron chi connectivity index (χ3n) is 2.92. The molecule has 2 rings (SSSR count). The minimum absolute atomic E-state index is 0.128. The molecule has 2 heterocycles. The average Bonchev–Trinajstić information content (AvgIpc) is 2.79. The number of carbonyl (C=O) groups excluding carboxylic acids is 1. The minimum Gasteiger partial charge on any atom is -0.465 e. The molecule has 1 saturated heterocycles. The van der Waals surface area contributed by atoms with Crippen molar-refractivity contribution < 1.29 is 14.3 Å².